The molecule has 2 N–H and O–H groups in total. The Balaban J connectivity index is 2.16. The van der Waals surface area contributed by atoms with Crippen LogP contribution < -0.4 is 19.9 Å². The number of halogens is 2. The molecule has 0 aliphatic rings. The highest BCUT2D eigenvalue weighted by Crippen LogP contribution is 2.38. The van der Waals surface area contributed by atoms with Crippen molar-refractivity contribution in [1.29, 1.82) is 0 Å². The Morgan fingerprint density at radius 2 is 1.52 bits per heavy atom. The fourth-order valence-electron chi connectivity index (χ4n) is 2.25. The van der Waals surface area contributed by atoms with E-state index in [0.717, 1.165) is 0 Å². The second-order valence-corrected chi connectivity index (χ2v) is 6.41. The fraction of sp³-hybridized carbons (Fsp3) is 0.211. The van der Waals surface area contributed by atoms with Crippen molar-refractivity contribution in [3.8, 4) is 17.2 Å². The van der Waals surface area contributed by atoms with E-state index in [1.54, 1.807) is 0 Å². The minimum absolute atomic E-state index is 0.0482. The number of ketones is 1. The van der Waals surface area contributed by atoms with E-state index < -0.39 is 30.9 Å². The summed E-state index contributed by atoms with van der Waals surface area (Å²) in [6.07, 6.45) is 0. The van der Waals surface area contributed by atoms with Crippen LogP contribution in [0.25, 0.3) is 0 Å². The summed E-state index contributed by atoms with van der Waals surface area (Å²) in [6.45, 7) is -0.921. The molecule has 0 aliphatic heterocycles. The van der Waals surface area contributed by atoms with Gasteiger partial charge in [0.1, 0.15) is 0 Å². The van der Waals surface area contributed by atoms with E-state index in [0.29, 0.717) is 5.02 Å². The third-order valence-corrected chi connectivity index (χ3v) is 4.37. The zero-order chi connectivity index (χ0) is 21.6. The minimum atomic E-state index is -0.795. The highest BCUT2D eigenvalue weighted by Gasteiger charge is 2.20. The Hall–Kier alpha value is -2.97. The fourth-order valence-corrected chi connectivity index (χ4v) is 2.55. The van der Waals surface area contributed by atoms with Crippen LogP contribution in [-0.2, 0) is 9.53 Å². The topological polar surface area (TPSA) is 114 Å². The van der Waals surface area contributed by atoms with Crippen LogP contribution in [-0.4, -0.2) is 45.1 Å². The van der Waals surface area contributed by atoms with Crippen molar-refractivity contribution >= 4 is 40.9 Å². The average Bonchev–Trinajstić information content (AvgIpc) is 2.71. The molecule has 2 aromatic rings. The van der Waals surface area contributed by atoms with Crippen LogP contribution in [0.15, 0.2) is 30.3 Å². The maximum absolute atomic E-state index is 12.4. The SMILES string of the molecule is COc1cc(C(=O)OCC(=O)c2ccc(Cl)c(Cl)c2)cc(OC)c1OCC(N)=O. The Bertz CT molecular complexity index is 921. The van der Waals surface area contributed by atoms with Gasteiger partial charge >= 0.3 is 5.97 Å². The van der Waals surface area contributed by atoms with Gasteiger partial charge in [-0.2, -0.15) is 0 Å². The first-order valence-corrected chi connectivity index (χ1v) is 8.85. The smallest absolute Gasteiger partial charge is 0.338 e. The van der Waals surface area contributed by atoms with E-state index in [-0.39, 0.29) is 33.4 Å². The monoisotopic (exact) mass is 441 g/mol. The van der Waals surface area contributed by atoms with Gasteiger partial charge in [-0.3, -0.25) is 9.59 Å². The lowest BCUT2D eigenvalue weighted by Crippen LogP contribution is -2.20. The molecular formula is C19H17Cl2NO7. The predicted octanol–water partition coefficient (Wildman–Crippen LogP) is 2.91. The van der Waals surface area contributed by atoms with E-state index in [2.05, 4.69) is 0 Å². The van der Waals surface area contributed by atoms with Gasteiger partial charge in [-0.15, -0.1) is 0 Å². The summed E-state index contributed by atoms with van der Waals surface area (Å²) in [4.78, 5) is 35.5. The first-order valence-electron chi connectivity index (χ1n) is 8.09. The van der Waals surface area contributed by atoms with Gasteiger partial charge < -0.3 is 24.7 Å². The molecule has 0 atom stereocenters. The number of hydrogen-bond donors (Lipinski definition) is 1. The molecule has 0 radical (unpaired) electrons. The molecule has 154 valence electrons. The van der Waals surface area contributed by atoms with Crippen LogP contribution >= 0.6 is 23.2 Å². The van der Waals surface area contributed by atoms with Gasteiger partial charge in [-0.25, -0.2) is 4.79 Å². The normalized spacial score (nSPS) is 10.2. The Morgan fingerprint density at radius 3 is 2.03 bits per heavy atom. The molecule has 0 aliphatic carbocycles. The zero-order valence-electron chi connectivity index (χ0n) is 15.5. The Labute approximate surface area is 176 Å². The number of esters is 1. The molecule has 0 saturated carbocycles. The third kappa shape index (κ3) is 5.75. The number of amides is 1. The summed E-state index contributed by atoms with van der Waals surface area (Å²) >= 11 is 11.7. The standard InChI is InChI=1S/C19H17Cl2NO7/c1-26-15-6-11(7-16(27-2)18(15)28-9-17(22)24)19(25)29-8-14(23)10-3-4-12(20)13(21)5-10/h3-7H,8-9H2,1-2H3,(H2,22,24). The quantitative estimate of drug-likeness (QED) is 0.469. The summed E-state index contributed by atoms with van der Waals surface area (Å²) < 4.78 is 20.7. The van der Waals surface area contributed by atoms with Crippen LogP contribution in [0, 0.1) is 0 Å². The molecule has 1 amide bonds. The lowest BCUT2D eigenvalue weighted by atomic mass is 10.1. The van der Waals surface area contributed by atoms with Gasteiger partial charge in [0.25, 0.3) is 5.91 Å². The number of primary amides is 1. The van der Waals surface area contributed by atoms with E-state index in [1.165, 1.54) is 44.6 Å². The van der Waals surface area contributed by atoms with Gasteiger partial charge in [0.05, 0.1) is 29.8 Å². The predicted molar refractivity (Wildman–Crippen MR) is 105 cm³/mol. The maximum atomic E-state index is 12.4. The summed E-state index contributed by atoms with van der Waals surface area (Å²) in [5.74, 6) is -1.62. The number of benzene rings is 2. The Morgan fingerprint density at radius 1 is 0.897 bits per heavy atom. The van der Waals surface area contributed by atoms with Gasteiger partial charge in [0.2, 0.25) is 5.75 Å². The van der Waals surface area contributed by atoms with Crippen molar-refractivity contribution in [2.45, 2.75) is 0 Å². The van der Waals surface area contributed by atoms with Crippen LogP contribution in [0.2, 0.25) is 10.0 Å². The average molecular weight is 442 g/mol. The zero-order valence-corrected chi connectivity index (χ0v) is 17.0. The molecule has 29 heavy (non-hydrogen) atoms. The summed E-state index contributed by atoms with van der Waals surface area (Å²) in [5.41, 5.74) is 5.36. The molecule has 0 saturated heterocycles. The molecule has 0 spiro atoms. The Kier molecular flexibility index (Phi) is 7.69. The number of nitrogens with two attached hydrogens (primary N) is 1. The van der Waals surface area contributed by atoms with Gasteiger partial charge in [0.15, 0.2) is 30.5 Å². The highest BCUT2D eigenvalue weighted by atomic mass is 35.5. The molecule has 0 fully saturated rings. The number of carbonyl (C=O) groups excluding carboxylic acids is 3. The highest BCUT2D eigenvalue weighted by molar-refractivity contribution is 6.42. The summed E-state index contributed by atoms with van der Waals surface area (Å²) in [5, 5.41) is 0.517. The molecule has 2 aromatic carbocycles. The van der Waals surface area contributed by atoms with E-state index in [4.69, 9.17) is 47.9 Å². The minimum Gasteiger partial charge on any atom is -0.493 e. The molecule has 0 aromatic heterocycles. The summed E-state index contributed by atoms with van der Waals surface area (Å²) in [6, 6.07) is 6.98. The van der Waals surface area contributed by atoms with E-state index in [1.807, 2.05) is 0 Å². The van der Waals surface area contributed by atoms with Crippen molar-refractivity contribution in [2.75, 3.05) is 27.4 Å². The molecule has 0 bridgehead atoms. The number of carbonyl (C=O) groups is 3. The first-order chi connectivity index (χ1) is 13.8. The number of rotatable bonds is 9. The third-order valence-electron chi connectivity index (χ3n) is 3.63. The van der Waals surface area contributed by atoms with Crippen molar-refractivity contribution in [3.05, 3.63) is 51.5 Å². The van der Waals surface area contributed by atoms with Gasteiger partial charge in [0, 0.05) is 5.56 Å². The van der Waals surface area contributed by atoms with Crippen LogP contribution in [0.5, 0.6) is 17.2 Å². The lowest BCUT2D eigenvalue weighted by Gasteiger charge is -2.15. The molecule has 0 unspecified atom stereocenters. The summed E-state index contributed by atoms with van der Waals surface area (Å²) in [7, 11) is 2.68. The molecule has 8 nitrogen and oxygen atoms in total. The molecule has 0 heterocycles. The lowest BCUT2D eigenvalue weighted by molar-refractivity contribution is -0.120. The van der Waals surface area contributed by atoms with Crippen LogP contribution in [0.1, 0.15) is 20.7 Å². The molecular weight excluding hydrogens is 425 g/mol. The molecule has 10 heteroatoms. The second-order valence-electron chi connectivity index (χ2n) is 5.59. The maximum Gasteiger partial charge on any atom is 0.338 e. The van der Waals surface area contributed by atoms with Crippen molar-refractivity contribution in [3.63, 3.8) is 0 Å². The number of hydrogen-bond acceptors (Lipinski definition) is 7. The first kappa shape index (κ1) is 22.3. The number of Topliss-reactive ketones (excluding diaryl/α,β-unsaturated/α-hetero) is 1. The number of methoxy groups -OCH3 is 2. The van der Waals surface area contributed by atoms with Gasteiger partial charge in [-0.1, -0.05) is 23.2 Å². The van der Waals surface area contributed by atoms with Crippen molar-refractivity contribution in [2.24, 2.45) is 5.73 Å². The van der Waals surface area contributed by atoms with E-state index >= 15 is 0 Å². The molecule has 2 rings (SSSR count). The van der Waals surface area contributed by atoms with E-state index in [9.17, 15) is 14.4 Å². The van der Waals surface area contributed by atoms with Crippen molar-refractivity contribution in [1.82, 2.24) is 0 Å². The largest absolute Gasteiger partial charge is 0.493 e. The van der Waals surface area contributed by atoms with Crippen LogP contribution in [0.4, 0.5) is 0 Å². The van der Waals surface area contributed by atoms with Crippen molar-refractivity contribution < 1.29 is 33.3 Å². The van der Waals surface area contributed by atoms with Crippen LogP contribution in [0.3, 0.4) is 0 Å². The second kappa shape index (κ2) is 9.99. The number of ether oxygens (including phenoxy) is 4. The van der Waals surface area contributed by atoms with Gasteiger partial charge in [-0.05, 0) is 30.3 Å².